The third-order valence-corrected chi connectivity index (χ3v) is 6.32. The van der Waals surface area contributed by atoms with Crippen LogP contribution in [0.3, 0.4) is 0 Å². The van der Waals surface area contributed by atoms with Crippen molar-refractivity contribution in [2.75, 3.05) is 19.8 Å². The lowest BCUT2D eigenvalue weighted by atomic mass is 9.86. The van der Waals surface area contributed by atoms with Gasteiger partial charge in [0.15, 0.2) is 10.3 Å². The van der Waals surface area contributed by atoms with E-state index in [9.17, 15) is 0 Å². The third-order valence-electron chi connectivity index (χ3n) is 5.50. The topological polar surface area (TPSA) is 48.7 Å². The maximum atomic E-state index is 15.2. The Morgan fingerprint density at radius 3 is 2.70 bits per heavy atom. The first-order chi connectivity index (χ1) is 14.4. The zero-order valence-electron chi connectivity index (χ0n) is 16.6. The second-order valence-corrected chi connectivity index (χ2v) is 8.37. The highest BCUT2D eigenvalue weighted by atomic mass is 35.5. The van der Waals surface area contributed by atoms with Gasteiger partial charge in [-0.25, -0.2) is 14.4 Å². The molecule has 0 bridgehead atoms. The maximum absolute atomic E-state index is 15.2. The predicted molar refractivity (Wildman–Crippen MR) is 116 cm³/mol. The monoisotopic (exact) mass is 471 g/mol. The van der Waals surface area contributed by atoms with Gasteiger partial charge in [0.1, 0.15) is 22.9 Å². The van der Waals surface area contributed by atoms with Crippen molar-refractivity contribution in [3.63, 3.8) is 0 Å². The average Bonchev–Trinajstić information content (AvgIpc) is 3.09. The van der Waals surface area contributed by atoms with E-state index in [2.05, 4.69) is 9.97 Å². The second kappa shape index (κ2) is 8.87. The van der Waals surface area contributed by atoms with Gasteiger partial charge in [0.05, 0.1) is 11.6 Å². The summed E-state index contributed by atoms with van der Waals surface area (Å²) in [6.07, 6.45) is 4.75. The van der Waals surface area contributed by atoms with E-state index in [1.54, 1.807) is 22.9 Å². The number of benzene rings is 1. The molecule has 160 valence electrons. The van der Waals surface area contributed by atoms with Crippen LogP contribution < -0.4 is 4.74 Å². The van der Waals surface area contributed by atoms with Crippen LogP contribution in [-0.4, -0.2) is 34.2 Å². The van der Waals surface area contributed by atoms with Crippen molar-refractivity contribution in [2.45, 2.75) is 38.5 Å². The van der Waals surface area contributed by atoms with Crippen LogP contribution in [0.5, 0.6) is 5.75 Å². The number of imidazole rings is 1. The van der Waals surface area contributed by atoms with Crippen molar-refractivity contribution in [3.8, 4) is 5.75 Å². The molecule has 0 saturated carbocycles. The zero-order valence-corrected chi connectivity index (χ0v) is 18.9. The summed E-state index contributed by atoms with van der Waals surface area (Å²) < 4.78 is 28.5. The Bertz CT molecular complexity index is 1080. The number of halogens is 4. The highest BCUT2D eigenvalue weighted by Crippen LogP contribution is 2.44. The van der Waals surface area contributed by atoms with E-state index in [4.69, 9.17) is 44.3 Å². The van der Waals surface area contributed by atoms with E-state index in [0.29, 0.717) is 55.3 Å². The van der Waals surface area contributed by atoms with E-state index >= 15 is 4.39 Å². The number of hydrogen-bond acceptors (Lipinski definition) is 4. The van der Waals surface area contributed by atoms with Gasteiger partial charge >= 0.3 is 0 Å². The van der Waals surface area contributed by atoms with Crippen molar-refractivity contribution in [2.24, 2.45) is 0 Å². The molecule has 1 saturated heterocycles. The molecule has 1 unspecified atom stereocenters. The van der Waals surface area contributed by atoms with Gasteiger partial charge in [0, 0.05) is 42.7 Å². The highest BCUT2D eigenvalue weighted by molar-refractivity contribution is 6.38. The molecule has 0 radical (unpaired) electrons. The Morgan fingerprint density at radius 2 is 2.00 bits per heavy atom. The van der Waals surface area contributed by atoms with Gasteiger partial charge in [-0.1, -0.05) is 41.7 Å². The molecule has 3 heterocycles. The van der Waals surface area contributed by atoms with Gasteiger partial charge in [-0.3, -0.25) is 4.40 Å². The Morgan fingerprint density at radius 1 is 1.27 bits per heavy atom. The SMILES string of the molecule is CCOc1c(C(C)c2nc(Cl)c3c(Cl)nccn23)cc(Cl)c(F)c1C1CCOCC1. The van der Waals surface area contributed by atoms with Crippen LogP contribution in [-0.2, 0) is 4.74 Å². The minimum Gasteiger partial charge on any atom is -0.493 e. The summed E-state index contributed by atoms with van der Waals surface area (Å²) in [7, 11) is 0. The average molecular weight is 473 g/mol. The smallest absolute Gasteiger partial charge is 0.158 e. The molecule has 1 fully saturated rings. The molecule has 1 aliphatic rings. The fraction of sp³-hybridized carbons (Fsp3) is 0.429. The van der Waals surface area contributed by atoms with Crippen LogP contribution >= 0.6 is 34.8 Å². The molecule has 30 heavy (non-hydrogen) atoms. The molecular formula is C21H21Cl3FN3O2. The molecule has 9 heteroatoms. The summed E-state index contributed by atoms with van der Waals surface area (Å²) in [5, 5.41) is 0.581. The van der Waals surface area contributed by atoms with Gasteiger partial charge in [0.25, 0.3) is 0 Å². The summed E-state index contributed by atoms with van der Waals surface area (Å²) in [6.45, 7) is 5.40. The molecule has 0 aliphatic carbocycles. The highest BCUT2D eigenvalue weighted by Gasteiger charge is 2.30. The molecule has 1 aliphatic heterocycles. The minimum atomic E-state index is -0.429. The second-order valence-electron chi connectivity index (χ2n) is 7.24. The first kappa shape index (κ1) is 21.6. The predicted octanol–water partition coefficient (Wildman–Crippen LogP) is 6.27. The number of nitrogens with zero attached hydrogens (tertiary/aromatic N) is 3. The van der Waals surface area contributed by atoms with Gasteiger partial charge in [-0.2, -0.15) is 0 Å². The zero-order chi connectivity index (χ0) is 21.4. The Kier molecular flexibility index (Phi) is 6.39. The molecule has 0 spiro atoms. The largest absolute Gasteiger partial charge is 0.493 e. The lowest BCUT2D eigenvalue weighted by molar-refractivity contribution is 0.0838. The first-order valence-electron chi connectivity index (χ1n) is 9.84. The quantitative estimate of drug-likeness (QED) is 0.439. The summed E-state index contributed by atoms with van der Waals surface area (Å²) >= 11 is 18.9. The number of ether oxygens (including phenoxy) is 2. The van der Waals surface area contributed by atoms with E-state index < -0.39 is 5.82 Å². The lowest BCUT2D eigenvalue weighted by Crippen LogP contribution is -2.18. The summed E-state index contributed by atoms with van der Waals surface area (Å²) in [5.74, 6) is 0.416. The summed E-state index contributed by atoms with van der Waals surface area (Å²) in [5.41, 5.74) is 1.79. The first-order valence-corrected chi connectivity index (χ1v) is 11.0. The Labute approximate surface area is 189 Å². The number of aromatic nitrogens is 3. The molecule has 0 amide bonds. The molecule has 5 nitrogen and oxygen atoms in total. The normalized spacial score (nSPS) is 16.2. The molecule has 2 aromatic heterocycles. The van der Waals surface area contributed by atoms with Crippen molar-refractivity contribution < 1.29 is 13.9 Å². The van der Waals surface area contributed by atoms with E-state index in [0.717, 1.165) is 5.56 Å². The van der Waals surface area contributed by atoms with Crippen LogP contribution in [0.25, 0.3) is 5.52 Å². The van der Waals surface area contributed by atoms with Gasteiger partial charge in [-0.15, -0.1) is 0 Å². The van der Waals surface area contributed by atoms with Crippen LogP contribution in [0, 0.1) is 5.82 Å². The fourth-order valence-electron chi connectivity index (χ4n) is 4.06. The Hall–Kier alpha value is -1.60. The molecule has 0 N–H and O–H groups in total. The van der Waals surface area contributed by atoms with Crippen LogP contribution in [0.1, 0.15) is 55.5 Å². The molecular weight excluding hydrogens is 452 g/mol. The standard InChI is InChI=1S/C21H21Cl3FN3O2/c1-3-30-18-13(10-14(22)16(25)15(18)12-4-8-29-9-5-12)11(2)21-27-20(24)17-19(23)26-6-7-28(17)21/h6-7,10-12H,3-5,8-9H2,1-2H3. The molecule has 1 aromatic carbocycles. The molecule has 4 rings (SSSR count). The number of hydrogen-bond donors (Lipinski definition) is 0. The maximum Gasteiger partial charge on any atom is 0.158 e. The summed E-state index contributed by atoms with van der Waals surface area (Å²) in [6, 6.07) is 1.62. The number of fused-ring (bicyclic) bond motifs is 1. The van der Waals surface area contributed by atoms with Gasteiger partial charge in [-0.05, 0) is 31.7 Å². The van der Waals surface area contributed by atoms with E-state index in [1.807, 2.05) is 13.8 Å². The minimum absolute atomic E-state index is 0.0239. The van der Waals surface area contributed by atoms with Gasteiger partial charge in [0.2, 0.25) is 0 Å². The molecule has 3 aromatic rings. The van der Waals surface area contributed by atoms with E-state index in [-0.39, 0.29) is 27.2 Å². The number of rotatable bonds is 5. The van der Waals surface area contributed by atoms with Crippen molar-refractivity contribution in [3.05, 3.63) is 56.6 Å². The Balaban J connectivity index is 1.90. The van der Waals surface area contributed by atoms with Crippen LogP contribution in [0.4, 0.5) is 4.39 Å². The van der Waals surface area contributed by atoms with E-state index in [1.165, 1.54) is 0 Å². The van der Waals surface area contributed by atoms with Crippen LogP contribution in [0.2, 0.25) is 15.3 Å². The van der Waals surface area contributed by atoms with Gasteiger partial charge < -0.3 is 9.47 Å². The van der Waals surface area contributed by atoms with Crippen molar-refractivity contribution in [1.82, 2.24) is 14.4 Å². The molecule has 1 atom stereocenters. The summed E-state index contributed by atoms with van der Waals surface area (Å²) in [4.78, 5) is 8.59. The fourth-order valence-corrected chi connectivity index (χ4v) is 4.83. The lowest BCUT2D eigenvalue weighted by Gasteiger charge is -2.27. The third kappa shape index (κ3) is 3.75. The van der Waals surface area contributed by atoms with Crippen molar-refractivity contribution in [1.29, 1.82) is 0 Å². The van der Waals surface area contributed by atoms with Crippen molar-refractivity contribution >= 4 is 40.3 Å². The van der Waals surface area contributed by atoms with Crippen LogP contribution in [0.15, 0.2) is 18.5 Å².